The van der Waals surface area contributed by atoms with E-state index < -0.39 is 10.0 Å². The number of hydrogen-bond acceptors (Lipinski definition) is 6. The number of rotatable bonds is 8. The normalized spacial score (nSPS) is 11.5. The molecule has 194 valence electrons. The number of hydrogen-bond donors (Lipinski definition) is 0. The van der Waals surface area contributed by atoms with Crippen LogP contribution in [0.1, 0.15) is 5.56 Å². The smallest absolute Gasteiger partial charge is 0.268 e. The fourth-order valence-corrected chi connectivity index (χ4v) is 5.83. The second-order valence-corrected chi connectivity index (χ2v) is 10.7. The van der Waals surface area contributed by atoms with Gasteiger partial charge in [0, 0.05) is 22.7 Å². The molecule has 8 heteroatoms. The van der Waals surface area contributed by atoms with Crippen molar-refractivity contribution in [2.24, 2.45) is 0 Å². The second-order valence-electron chi connectivity index (χ2n) is 8.85. The molecule has 0 saturated carbocycles. The number of methoxy groups -OCH3 is 1. The predicted molar refractivity (Wildman–Crippen MR) is 149 cm³/mol. The summed E-state index contributed by atoms with van der Waals surface area (Å²) in [5.74, 6) is 1.53. The Morgan fingerprint density at radius 3 is 2.33 bits per heavy atom. The number of para-hydroxylation sites is 1. The van der Waals surface area contributed by atoms with Crippen LogP contribution in [-0.2, 0) is 16.6 Å². The van der Waals surface area contributed by atoms with E-state index in [1.54, 1.807) is 55.8 Å². The quantitative estimate of drug-likeness (QED) is 0.213. The molecule has 0 saturated heterocycles. The van der Waals surface area contributed by atoms with Crippen LogP contribution in [0.4, 0.5) is 0 Å². The molecule has 2 heterocycles. The highest BCUT2D eigenvalue weighted by atomic mass is 32.2. The third-order valence-corrected chi connectivity index (χ3v) is 8.09. The number of ether oxygens (including phenoxy) is 2. The van der Waals surface area contributed by atoms with Crippen LogP contribution in [0.3, 0.4) is 0 Å². The third kappa shape index (κ3) is 4.66. The maximum absolute atomic E-state index is 13.5. The van der Waals surface area contributed by atoms with Crippen LogP contribution in [0.5, 0.6) is 11.5 Å². The lowest BCUT2D eigenvalue weighted by Gasteiger charge is -2.11. The van der Waals surface area contributed by atoms with E-state index in [0.717, 1.165) is 10.9 Å². The number of benzene rings is 4. The first-order valence-electron chi connectivity index (χ1n) is 12.3. The number of nitrogens with zero attached hydrogens (tertiary/aromatic N) is 2. The van der Waals surface area contributed by atoms with Gasteiger partial charge in [0.25, 0.3) is 10.0 Å². The monoisotopic (exact) mass is 536 g/mol. The van der Waals surface area contributed by atoms with Gasteiger partial charge >= 0.3 is 0 Å². The van der Waals surface area contributed by atoms with Gasteiger partial charge in [0.1, 0.15) is 18.6 Å². The predicted octanol–water partition coefficient (Wildman–Crippen LogP) is 6.79. The van der Waals surface area contributed by atoms with Crippen molar-refractivity contribution >= 4 is 20.9 Å². The van der Waals surface area contributed by atoms with E-state index in [-0.39, 0.29) is 4.90 Å². The van der Waals surface area contributed by atoms with Gasteiger partial charge in [-0.2, -0.15) is 0 Å². The van der Waals surface area contributed by atoms with Crippen molar-refractivity contribution in [1.29, 1.82) is 0 Å². The molecule has 2 aromatic heterocycles. The van der Waals surface area contributed by atoms with Gasteiger partial charge in [-0.3, -0.25) is 0 Å². The number of oxazole rings is 1. The summed E-state index contributed by atoms with van der Waals surface area (Å²) in [5, 5.41) is 0.749. The molecule has 0 amide bonds. The summed E-state index contributed by atoms with van der Waals surface area (Å²) in [5.41, 5.74) is 3.48. The van der Waals surface area contributed by atoms with E-state index in [9.17, 15) is 8.42 Å². The Morgan fingerprint density at radius 2 is 1.56 bits per heavy atom. The van der Waals surface area contributed by atoms with Gasteiger partial charge in [-0.25, -0.2) is 17.4 Å². The summed E-state index contributed by atoms with van der Waals surface area (Å²) in [6, 6.07) is 31.0. The average molecular weight is 537 g/mol. The first kappa shape index (κ1) is 24.5. The summed E-state index contributed by atoms with van der Waals surface area (Å²) in [4.78, 5) is 4.90. The Morgan fingerprint density at radius 1 is 0.846 bits per heavy atom. The van der Waals surface area contributed by atoms with E-state index in [4.69, 9.17) is 18.9 Å². The minimum Gasteiger partial charge on any atom is -0.493 e. The van der Waals surface area contributed by atoms with E-state index in [0.29, 0.717) is 46.3 Å². The fourth-order valence-electron chi connectivity index (χ4n) is 4.44. The molecule has 0 bridgehead atoms. The van der Waals surface area contributed by atoms with Crippen molar-refractivity contribution in [2.45, 2.75) is 11.5 Å². The van der Waals surface area contributed by atoms with Gasteiger partial charge in [-0.05, 0) is 42.0 Å². The fraction of sp³-hybridized carbons (Fsp3) is 0.0645. The summed E-state index contributed by atoms with van der Waals surface area (Å²) in [6.45, 7) is 0.412. The molecule has 0 atom stereocenters. The van der Waals surface area contributed by atoms with Crippen molar-refractivity contribution in [3.63, 3.8) is 0 Å². The van der Waals surface area contributed by atoms with Crippen LogP contribution < -0.4 is 9.47 Å². The van der Waals surface area contributed by atoms with Crippen molar-refractivity contribution in [3.05, 3.63) is 121 Å². The molecule has 7 nitrogen and oxygen atoms in total. The van der Waals surface area contributed by atoms with Crippen LogP contribution in [0.2, 0.25) is 0 Å². The molecule has 0 aliphatic rings. The summed E-state index contributed by atoms with van der Waals surface area (Å²) >= 11 is 0. The first-order valence-corrected chi connectivity index (χ1v) is 13.7. The molecule has 4 aromatic carbocycles. The van der Waals surface area contributed by atoms with Gasteiger partial charge in [-0.15, -0.1) is 0 Å². The van der Waals surface area contributed by atoms with Gasteiger partial charge in [0.15, 0.2) is 11.5 Å². The zero-order valence-corrected chi connectivity index (χ0v) is 21.8. The maximum atomic E-state index is 13.5. The molecule has 0 unspecified atom stereocenters. The second kappa shape index (κ2) is 10.2. The molecule has 0 aliphatic heterocycles. The molecule has 0 spiro atoms. The Labute approximate surface area is 225 Å². The van der Waals surface area contributed by atoms with Crippen LogP contribution in [0.25, 0.3) is 33.6 Å². The minimum absolute atomic E-state index is 0.208. The zero-order chi connectivity index (χ0) is 26.8. The highest BCUT2D eigenvalue weighted by Crippen LogP contribution is 2.36. The highest BCUT2D eigenvalue weighted by Gasteiger charge is 2.23. The van der Waals surface area contributed by atoms with Crippen molar-refractivity contribution in [2.75, 3.05) is 7.11 Å². The Bertz CT molecular complexity index is 1860. The number of fused-ring (bicyclic) bond motifs is 1. The van der Waals surface area contributed by atoms with E-state index in [2.05, 4.69) is 0 Å². The SMILES string of the molecule is COc1cc(-c2nc(-c3cn(S(=O)(=O)c4ccccc4)c4ccccc34)co2)ccc1OCc1ccccc1. The van der Waals surface area contributed by atoms with Gasteiger partial charge in [-0.1, -0.05) is 66.7 Å². The lowest BCUT2D eigenvalue weighted by molar-refractivity contribution is 0.284. The van der Waals surface area contributed by atoms with Crippen LogP contribution in [0.15, 0.2) is 125 Å². The van der Waals surface area contributed by atoms with Crippen molar-refractivity contribution < 1.29 is 22.3 Å². The molecule has 6 aromatic rings. The average Bonchev–Trinajstić information content (AvgIpc) is 3.63. The van der Waals surface area contributed by atoms with E-state index in [1.165, 1.54) is 10.2 Å². The molecule has 0 N–H and O–H groups in total. The maximum Gasteiger partial charge on any atom is 0.268 e. The van der Waals surface area contributed by atoms with Crippen molar-refractivity contribution in [3.8, 4) is 34.2 Å². The topological polar surface area (TPSA) is 83.6 Å². The Kier molecular flexibility index (Phi) is 6.38. The van der Waals surface area contributed by atoms with Crippen LogP contribution >= 0.6 is 0 Å². The van der Waals surface area contributed by atoms with Crippen LogP contribution in [-0.4, -0.2) is 24.5 Å². The summed E-state index contributed by atoms with van der Waals surface area (Å²) < 4.78 is 45.6. The van der Waals surface area contributed by atoms with E-state index in [1.807, 2.05) is 60.7 Å². The molecule has 39 heavy (non-hydrogen) atoms. The minimum atomic E-state index is -3.81. The zero-order valence-electron chi connectivity index (χ0n) is 21.0. The Balaban J connectivity index is 1.34. The Hall–Kier alpha value is -4.82. The van der Waals surface area contributed by atoms with Gasteiger partial charge < -0.3 is 13.9 Å². The van der Waals surface area contributed by atoms with Crippen LogP contribution in [0, 0.1) is 0 Å². The molecular weight excluding hydrogens is 512 g/mol. The lowest BCUT2D eigenvalue weighted by atomic mass is 10.1. The number of aromatic nitrogens is 2. The largest absolute Gasteiger partial charge is 0.493 e. The summed E-state index contributed by atoms with van der Waals surface area (Å²) in [7, 11) is -2.23. The van der Waals surface area contributed by atoms with Crippen molar-refractivity contribution in [1.82, 2.24) is 8.96 Å². The molecule has 0 fully saturated rings. The van der Waals surface area contributed by atoms with Gasteiger partial charge in [0.2, 0.25) is 5.89 Å². The molecular formula is C31H24N2O5S. The lowest BCUT2D eigenvalue weighted by Crippen LogP contribution is -2.11. The third-order valence-electron chi connectivity index (χ3n) is 6.41. The summed E-state index contributed by atoms with van der Waals surface area (Å²) in [6.07, 6.45) is 3.12. The molecule has 0 aliphatic carbocycles. The highest BCUT2D eigenvalue weighted by molar-refractivity contribution is 7.90. The molecule has 0 radical (unpaired) electrons. The van der Waals surface area contributed by atoms with E-state index >= 15 is 0 Å². The van der Waals surface area contributed by atoms with Gasteiger partial charge in [0.05, 0.1) is 17.5 Å². The first-order chi connectivity index (χ1) is 19.0. The molecule has 6 rings (SSSR count). The standard InChI is InChI=1S/C31H24N2O5S/c1-36-30-18-23(16-17-29(30)37-20-22-10-4-2-5-11-22)31-32-27(21-38-31)26-19-33(28-15-9-8-14-25(26)28)39(34,35)24-12-6-3-7-13-24/h2-19,21H,20H2,1H3.